The van der Waals surface area contributed by atoms with Gasteiger partial charge in [0.2, 0.25) is 0 Å². The molecule has 0 aliphatic heterocycles. The first-order chi connectivity index (χ1) is 8.86. The van der Waals surface area contributed by atoms with Crippen LogP contribution in [0.3, 0.4) is 0 Å². The van der Waals surface area contributed by atoms with E-state index in [0.29, 0.717) is 23.2 Å². The highest BCUT2D eigenvalue weighted by Crippen LogP contribution is 2.26. The number of rotatable bonds is 5. The van der Waals surface area contributed by atoms with Crippen molar-refractivity contribution in [2.75, 3.05) is 24.7 Å². The molecule has 3 N–H and O–H groups in total. The summed E-state index contributed by atoms with van der Waals surface area (Å²) in [5.41, 5.74) is 8.26. The van der Waals surface area contributed by atoms with E-state index in [2.05, 4.69) is 31.0 Å². The van der Waals surface area contributed by atoms with Crippen LogP contribution in [0.2, 0.25) is 0 Å². The Labute approximate surface area is 116 Å². The number of benzene rings is 1. The lowest BCUT2D eigenvalue weighted by Gasteiger charge is -2.29. The van der Waals surface area contributed by atoms with Gasteiger partial charge in [0.15, 0.2) is 0 Å². The molecule has 4 nitrogen and oxygen atoms in total. The number of amides is 1. The zero-order valence-electron chi connectivity index (χ0n) is 12.5. The molecule has 0 aliphatic rings. The van der Waals surface area contributed by atoms with Crippen molar-refractivity contribution in [2.24, 2.45) is 5.92 Å². The standard InChI is InChI=1S/C15H25N3O/c1-10(2)8-11(3)18(5)14-7-6-12(9-13(14)16)15(19)17-4/h6-7,9-11H,8,16H2,1-5H3,(H,17,19). The van der Waals surface area contributed by atoms with E-state index in [1.807, 2.05) is 19.2 Å². The molecule has 106 valence electrons. The van der Waals surface area contributed by atoms with E-state index in [0.717, 1.165) is 12.1 Å². The van der Waals surface area contributed by atoms with Crippen LogP contribution in [0.5, 0.6) is 0 Å². The van der Waals surface area contributed by atoms with Gasteiger partial charge in [0, 0.05) is 25.7 Å². The Morgan fingerprint density at radius 2 is 2.00 bits per heavy atom. The Balaban J connectivity index is 2.92. The summed E-state index contributed by atoms with van der Waals surface area (Å²) in [6, 6.07) is 5.86. The third kappa shape index (κ3) is 3.88. The second-order valence-corrected chi connectivity index (χ2v) is 5.44. The van der Waals surface area contributed by atoms with Crippen LogP contribution in [0.25, 0.3) is 0 Å². The molecular weight excluding hydrogens is 238 g/mol. The number of anilines is 2. The Morgan fingerprint density at radius 3 is 2.47 bits per heavy atom. The van der Waals surface area contributed by atoms with Gasteiger partial charge >= 0.3 is 0 Å². The molecule has 1 atom stereocenters. The average molecular weight is 263 g/mol. The third-order valence-corrected chi connectivity index (χ3v) is 3.37. The fourth-order valence-electron chi connectivity index (χ4n) is 2.24. The van der Waals surface area contributed by atoms with Crippen LogP contribution in [0, 0.1) is 5.92 Å². The van der Waals surface area contributed by atoms with Gasteiger partial charge in [-0.05, 0) is 37.5 Å². The van der Waals surface area contributed by atoms with E-state index in [1.54, 1.807) is 13.1 Å². The summed E-state index contributed by atoms with van der Waals surface area (Å²) < 4.78 is 0. The second-order valence-electron chi connectivity index (χ2n) is 5.44. The lowest BCUT2D eigenvalue weighted by Crippen LogP contribution is -2.30. The van der Waals surface area contributed by atoms with E-state index in [1.165, 1.54) is 0 Å². The first-order valence-electron chi connectivity index (χ1n) is 6.71. The van der Waals surface area contributed by atoms with Crippen molar-refractivity contribution in [3.05, 3.63) is 23.8 Å². The molecule has 0 heterocycles. The molecule has 1 amide bonds. The van der Waals surface area contributed by atoms with Gasteiger partial charge in [-0.15, -0.1) is 0 Å². The molecule has 1 unspecified atom stereocenters. The molecule has 1 aromatic rings. The van der Waals surface area contributed by atoms with Gasteiger partial charge in [0.05, 0.1) is 11.4 Å². The van der Waals surface area contributed by atoms with Crippen LogP contribution >= 0.6 is 0 Å². The molecule has 0 fully saturated rings. The minimum atomic E-state index is -0.115. The van der Waals surface area contributed by atoms with Crippen molar-refractivity contribution < 1.29 is 4.79 Å². The van der Waals surface area contributed by atoms with Crippen LogP contribution in [-0.4, -0.2) is 26.0 Å². The van der Waals surface area contributed by atoms with E-state index in [9.17, 15) is 4.79 Å². The molecule has 0 aliphatic carbocycles. The van der Waals surface area contributed by atoms with E-state index in [4.69, 9.17) is 5.73 Å². The summed E-state index contributed by atoms with van der Waals surface area (Å²) in [5.74, 6) is 0.528. The van der Waals surface area contributed by atoms with Gasteiger partial charge in [-0.2, -0.15) is 0 Å². The molecule has 0 saturated carbocycles. The van der Waals surface area contributed by atoms with Crippen molar-refractivity contribution in [2.45, 2.75) is 33.2 Å². The van der Waals surface area contributed by atoms with E-state index in [-0.39, 0.29) is 5.91 Å². The molecule has 0 bridgehead atoms. The Kier molecular flexibility index (Phi) is 5.21. The predicted octanol–water partition coefficient (Wildman–Crippen LogP) is 2.50. The lowest BCUT2D eigenvalue weighted by atomic mass is 10.0. The predicted molar refractivity (Wildman–Crippen MR) is 81.6 cm³/mol. The van der Waals surface area contributed by atoms with Crippen LogP contribution in [0.15, 0.2) is 18.2 Å². The number of carbonyl (C=O) groups excluding carboxylic acids is 1. The summed E-state index contributed by atoms with van der Waals surface area (Å²) in [6.07, 6.45) is 1.10. The van der Waals surface area contributed by atoms with Crippen molar-refractivity contribution in [1.29, 1.82) is 0 Å². The molecule has 0 radical (unpaired) electrons. The summed E-state index contributed by atoms with van der Waals surface area (Å²) in [4.78, 5) is 13.7. The molecule has 1 aromatic carbocycles. The highest BCUT2D eigenvalue weighted by molar-refractivity contribution is 5.96. The van der Waals surface area contributed by atoms with Crippen molar-refractivity contribution >= 4 is 17.3 Å². The van der Waals surface area contributed by atoms with Crippen LogP contribution in [0.1, 0.15) is 37.6 Å². The molecule has 1 rings (SSSR count). The maximum Gasteiger partial charge on any atom is 0.251 e. The van der Waals surface area contributed by atoms with Gasteiger partial charge in [-0.25, -0.2) is 0 Å². The fourth-order valence-corrected chi connectivity index (χ4v) is 2.24. The number of nitrogens with zero attached hydrogens (tertiary/aromatic N) is 1. The summed E-state index contributed by atoms with van der Waals surface area (Å²) in [6.45, 7) is 6.61. The average Bonchev–Trinajstić information content (AvgIpc) is 2.36. The molecule has 0 spiro atoms. The van der Waals surface area contributed by atoms with E-state index >= 15 is 0 Å². The SMILES string of the molecule is CNC(=O)c1ccc(N(C)C(C)CC(C)C)c(N)c1. The Morgan fingerprint density at radius 1 is 1.37 bits per heavy atom. The maximum atomic E-state index is 11.5. The zero-order valence-corrected chi connectivity index (χ0v) is 12.5. The van der Waals surface area contributed by atoms with Gasteiger partial charge < -0.3 is 16.0 Å². The maximum absolute atomic E-state index is 11.5. The second kappa shape index (κ2) is 6.45. The van der Waals surface area contributed by atoms with Crippen LogP contribution in [0.4, 0.5) is 11.4 Å². The fraction of sp³-hybridized carbons (Fsp3) is 0.533. The minimum absolute atomic E-state index is 0.115. The normalized spacial score (nSPS) is 12.3. The third-order valence-electron chi connectivity index (χ3n) is 3.37. The topological polar surface area (TPSA) is 58.4 Å². The number of nitrogen functional groups attached to an aromatic ring is 1. The summed E-state index contributed by atoms with van der Waals surface area (Å²) in [5, 5.41) is 2.60. The minimum Gasteiger partial charge on any atom is -0.397 e. The van der Waals surface area contributed by atoms with E-state index < -0.39 is 0 Å². The first kappa shape index (κ1) is 15.3. The quantitative estimate of drug-likeness (QED) is 0.802. The van der Waals surface area contributed by atoms with Gasteiger partial charge in [-0.1, -0.05) is 13.8 Å². The summed E-state index contributed by atoms with van der Waals surface area (Å²) >= 11 is 0. The molecule has 4 heteroatoms. The number of hydrogen-bond acceptors (Lipinski definition) is 3. The highest BCUT2D eigenvalue weighted by Gasteiger charge is 2.15. The van der Waals surface area contributed by atoms with Crippen molar-refractivity contribution in [3.8, 4) is 0 Å². The highest BCUT2D eigenvalue weighted by atomic mass is 16.1. The van der Waals surface area contributed by atoms with Gasteiger partial charge in [0.25, 0.3) is 5.91 Å². The Hall–Kier alpha value is -1.71. The molecule has 0 aromatic heterocycles. The number of nitrogens with two attached hydrogens (primary N) is 1. The first-order valence-corrected chi connectivity index (χ1v) is 6.71. The molecule has 0 saturated heterocycles. The monoisotopic (exact) mass is 263 g/mol. The zero-order chi connectivity index (χ0) is 14.6. The number of nitrogens with one attached hydrogen (secondary N) is 1. The smallest absolute Gasteiger partial charge is 0.251 e. The van der Waals surface area contributed by atoms with Crippen LogP contribution < -0.4 is 16.0 Å². The lowest BCUT2D eigenvalue weighted by molar-refractivity contribution is 0.0963. The van der Waals surface area contributed by atoms with Gasteiger partial charge in [-0.3, -0.25) is 4.79 Å². The molecule has 19 heavy (non-hydrogen) atoms. The van der Waals surface area contributed by atoms with Crippen molar-refractivity contribution in [3.63, 3.8) is 0 Å². The largest absolute Gasteiger partial charge is 0.397 e. The van der Waals surface area contributed by atoms with Crippen LogP contribution in [-0.2, 0) is 0 Å². The van der Waals surface area contributed by atoms with Crippen molar-refractivity contribution in [1.82, 2.24) is 5.32 Å². The van der Waals surface area contributed by atoms with Gasteiger partial charge in [0.1, 0.15) is 0 Å². The number of hydrogen-bond donors (Lipinski definition) is 2. The Bertz CT molecular complexity index is 443. The molecular formula is C15H25N3O. The number of carbonyl (C=O) groups is 1. The summed E-state index contributed by atoms with van der Waals surface area (Å²) in [7, 11) is 3.65.